The van der Waals surface area contributed by atoms with Crippen LogP contribution in [0.1, 0.15) is 117 Å². The Morgan fingerprint density at radius 2 is 1.25 bits per heavy atom. The monoisotopic (exact) mass is 399 g/mol. The van der Waals surface area contributed by atoms with E-state index in [-0.39, 0.29) is 6.42 Å². The zero-order chi connectivity index (χ0) is 21.3. The van der Waals surface area contributed by atoms with Crippen LogP contribution in [0.5, 0.6) is 0 Å². The fourth-order valence-electron chi connectivity index (χ4n) is 4.26. The normalized spacial score (nSPS) is 14.2. The number of rotatable bonds is 20. The van der Waals surface area contributed by atoms with E-state index < -0.39 is 11.6 Å². The number of aliphatic carboxylic acids is 1. The van der Waals surface area contributed by atoms with E-state index in [4.69, 9.17) is 0 Å². The van der Waals surface area contributed by atoms with Crippen molar-refractivity contribution in [2.45, 2.75) is 122 Å². The number of hydrogen-bond donors (Lipinski definition) is 1. The molecule has 4 nitrogen and oxygen atoms in total. The van der Waals surface area contributed by atoms with E-state index in [1.165, 1.54) is 77.0 Å². The van der Waals surface area contributed by atoms with E-state index in [0.29, 0.717) is 17.4 Å². The lowest BCUT2D eigenvalue weighted by Gasteiger charge is -2.36. The van der Waals surface area contributed by atoms with E-state index in [9.17, 15) is 15.0 Å². The second kappa shape index (κ2) is 16.2. The summed E-state index contributed by atoms with van der Waals surface area (Å²) in [5, 5.41) is 21.2. The van der Waals surface area contributed by atoms with Gasteiger partial charge in [-0.3, -0.25) is 0 Å². The predicted molar refractivity (Wildman–Crippen MR) is 117 cm³/mol. The van der Waals surface area contributed by atoms with Gasteiger partial charge in [-0.15, -0.1) is 0 Å². The Kier molecular flexibility index (Phi) is 15.9. The van der Waals surface area contributed by atoms with Crippen molar-refractivity contribution in [2.75, 3.05) is 27.2 Å². The van der Waals surface area contributed by atoms with Crippen LogP contribution < -0.4 is 5.11 Å². The summed E-state index contributed by atoms with van der Waals surface area (Å²) in [6, 6.07) is 0. The molecule has 0 aromatic carbocycles. The molecule has 0 spiro atoms. The summed E-state index contributed by atoms with van der Waals surface area (Å²) >= 11 is 0. The summed E-state index contributed by atoms with van der Waals surface area (Å²) in [5.41, 5.74) is -0.678. The van der Waals surface area contributed by atoms with Gasteiger partial charge in [-0.05, 0) is 19.8 Å². The summed E-state index contributed by atoms with van der Waals surface area (Å²) in [4.78, 5) is 10.6. The molecule has 1 atom stereocenters. The van der Waals surface area contributed by atoms with Gasteiger partial charge in [0.15, 0.2) is 0 Å². The number of carboxylic acid groups (broad SMARTS) is 1. The third-order valence-electron chi connectivity index (χ3n) is 5.73. The standard InChI is InChI=1S/C24H49NO3/c1-5-6-7-8-9-10-11-12-13-14-15-16-17-20-24(2,28)22-25(3,4)21-18-19-23(26)27/h28H,5-22H2,1-4H3. The van der Waals surface area contributed by atoms with Gasteiger partial charge < -0.3 is 19.5 Å². The van der Waals surface area contributed by atoms with Gasteiger partial charge in [-0.25, -0.2) is 0 Å². The van der Waals surface area contributed by atoms with Gasteiger partial charge in [0, 0.05) is 12.4 Å². The van der Waals surface area contributed by atoms with Gasteiger partial charge >= 0.3 is 0 Å². The van der Waals surface area contributed by atoms with Gasteiger partial charge in [0.1, 0.15) is 12.1 Å². The second-order valence-electron chi connectivity index (χ2n) is 9.78. The summed E-state index contributed by atoms with van der Waals surface area (Å²) in [5.74, 6) is -0.987. The first-order chi connectivity index (χ1) is 13.2. The molecule has 0 aliphatic rings. The molecule has 28 heavy (non-hydrogen) atoms. The number of carbonyl (C=O) groups is 1. The van der Waals surface area contributed by atoms with Gasteiger partial charge in [-0.1, -0.05) is 90.4 Å². The van der Waals surface area contributed by atoms with E-state index in [2.05, 4.69) is 21.0 Å². The number of hydrogen-bond acceptors (Lipinski definition) is 3. The first-order valence-electron chi connectivity index (χ1n) is 11.9. The van der Waals surface area contributed by atoms with Crippen molar-refractivity contribution in [1.82, 2.24) is 0 Å². The average Bonchev–Trinajstić information content (AvgIpc) is 2.57. The van der Waals surface area contributed by atoms with Crippen LogP contribution in [0.25, 0.3) is 0 Å². The molecule has 0 heterocycles. The van der Waals surface area contributed by atoms with Gasteiger partial charge in [0.25, 0.3) is 0 Å². The number of quaternary nitrogens is 1. The maximum atomic E-state index is 10.7. The lowest BCUT2D eigenvalue weighted by Crippen LogP contribution is -2.51. The lowest BCUT2D eigenvalue weighted by atomic mass is 9.96. The van der Waals surface area contributed by atoms with Crippen LogP contribution in [0.4, 0.5) is 0 Å². The minimum atomic E-state index is -0.987. The third kappa shape index (κ3) is 18.7. The molecule has 0 aromatic heterocycles. The van der Waals surface area contributed by atoms with Crippen molar-refractivity contribution in [3.8, 4) is 0 Å². The van der Waals surface area contributed by atoms with E-state index >= 15 is 0 Å². The molecule has 168 valence electrons. The Balaban J connectivity index is 3.61. The number of nitrogens with zero attached hydrogens (tertiary/aromatic N) is 1. The maximum absolute atomic E-state index is 10.7. The highest BCUT2D eigenvalue weighted by Gasteiger charge is 2.29. The molecular weight excluding hydrogens is 350 g/mol. The van der Waals surface area contributed by atoms with E-state index in [0.717, 1.165) is 19.4 Å². The Bertz CT molecular complexity index is 380. The number of aliphatic hydroxyl groups is 1. The first kappa shape index (κ1) is 27.4. The molecular formula is C24H49NO3. The maximum Gasteiger partial charge on any atom is 0.111 e. The van der Waals surface area contributed by atoms with Crippen molar-refractivity contribution in [2.24, 2.45) is 0 Å². The number of carboxylic acids is 1. The van der Waals surface area contributed by atoms with Crippen molar-refractivity contribution in [3.05, 3.63) is 0 Å². The fraction of sp³-hybridized carbons (Fsp3) is 0.958. The zero-order valence-corrected chi connectivity index (χ0v) is 19.4. The molecule has 0 radical (unpaired) electrons. The van der Waals surface area contributed by atoms with Gasteiger partial charge in [-0.2, -0.15) is 0 Å². The van der Waals surface area contributed by atoms with Crippen LogP contribution >= 0.6 is 0 Å². The predicted octanol–water partition coefficient (Wildman–Crippen LogP) is 4.83. The Labute approximate surface area is 175 Å². The molecule has 0 saturated carbocycles. The summed E-state index contributed by atoms with van der Waals surface area (Å²) in [7, 11) is 4.13. The topological polar surface area (TPSA) is 60.4 Å². The number of unbranched alkanes of at least 4 members (excludes halogenated alkanes) is 12. The van der Waals surface area contributed by atoms with Crippen LogP contribution in [0.15, 0.2) is 0 Å². The van der Waals surface area contributed by atoms with Gasteiger partial charge in [0.05, 0.1) is 20.6 Å². The summed E-state index contributed by atoms with van der Waals surface area (Å²) in [6.45, 7) is 5.61. The van der Waals surface area contributed by atoms with Crippen LogP contribution in [0.3, 0.4) is 0 Å². The fourth-order valence-corrected chi connectivity index (χ4v) is 4.26. The van der Waals surface area contributed by atoms with Gasteiger partial charge in [0.2, 0.25) is 0 Å². The van der Waals surface area contributed by atoms with E-state index in [1.807, 2.05) is 6.92 Å². The second-order valence-corrected chi connectivity index (χ2v) is 9.78. The van der Waals surface area contributed by atoms with E-state index in [1.54, 1.807) is 0 Å². The quantitative estimate of drug-likeness (QED) is 0.236. The molecule has 0 fully saturated rings. The van der Waals surface area contributed by atoms with Crippen molar-refractivity contribution in [1.29, 1.82) is 0 Å². The zero-order valence-electron chi connectivity index (χ0n) is 19.4. The average molecular weight is 400 g/mol. The largest absolute Gasteiger partial charge is 0.550 e. The Hall–Kier alpha value is -0.610. The molecule has 4 heteroatoms. The molecule has 0 aromatic rings. The molecule has 0 bridgehead atoms. The lowest BCUT2D eigenvalue weighted by molar-refractivity contribution is -0.896. The van der Waals surface area contributed by atoms with Crippen LogP contribution in [0.2, 0.25) is 0 Å². The molecule has 0 amide bonds. The Morgan fingerprint density at radius 1 is 0.821 bits per heavy atom. The summed E-state index contributed by atoms with van der Waals surface area (Å²) in [6.07, 6.45) is 18.9. The minimum Gasteiger partial charge on any atom is -0.550 e. The highest BCUT2D eigenvalue weighted by molar-refractivity contribution is 5.64. The van der Waals surface area contributed by atoms with Crippen LogP contribution in [-0.2, 0) is 4.79 Å². The molecule has 0 saturated heterocycles. The smallest absolute Gasteiger partial charge is 0.111 e. The minimum absolute atomic E-state index is 0.0999. The van der Waals surface area contributed by atoms with Crippen molar-refractivity contribution >= 4 is 5.97 Å². The SMILES string of the molecule is CCCCCCCCCCCCCCCC(C)(O)C[N+](C)(C)CCCC(=O)[O-]. The van der Waals surface area contributed by atoms with Crippen molar-refractivity contribution in [3.63, 3.8) is 0 Å². The van der Waals surface area contributed by atoms with Crippen molar-refractivity contribution < 1.29 is 19.5 Å². The molecule has 0 aliphatic heterocycles. The molecule has 1 N–H and O–H groups in total. The number of carbonyl (C=O) groups excluding carboxylic acids is 1. The molecule has 0 rings (SSSR count). The third-order valence-corrected chi connectivity index (χ3v) is 5.73. The van der Waals surface area contributed by atoms with Crippen LogP contribution in [-0.4, -0.2) is 48.3 Å². The van der Waals surface area contributed by atoms with Crippen LogP contribution in [0, 0.1) is 0 Å². The highest BCUT2D eigenvalue weighted by Crippen LogP contribution is 2.20. The number of likely N-dealkylation sites (N-methyl/N-ethyl adjacent to an activating group) is 1. The molecule has 0 aliphatic carbocycles. The first-order valence-corrected chi connectivity index (χ1v) is 11.9. The molecule has 1 unspecified atom stereocenters. The Morgan fingerprint density at radius 3 is 1.68 bits per heavy atom. The highest BCUT2D eigenvalue weighted by atomic mass is 16.4. The summed E-state index contributed by atoms with van der Waals surface area (Å²) < 4.78 is 0.652.